The molecule has 0 radical (unpaired) electrons. The van der Waals surface area contributed by atoms with Gasteiger partial charge in [0.2, 0.25) is 0 Å². The van der Waals surface area contributed by atoms with Crippen molar-refractivity contribution >= 4 is 17.5 Å². The van der Waals surface area contributed by atoms with Crippen LogP contribution in [0.25, 0.3) is 0 Å². The fraction of sp³-hybridized carbons (Fsp3) is 0.294. The number of aromatic nitrogens is 4. The first-order valence-corrected chi connectivity index (χ1v) is 8.48. The lowest BCUT2D eigenvalue weighted by Gasteiger charge is -2.12. The van der Waals surface area contributed by atoms with Crippen LogP contribution in [0.1, 0.15) is 23.2 Å². The maximum Gasteiger partial charge on any atom is 0.273 e. The van der Waals surface area contributed by atoms with Crippen molar-refractivity contribution in [3.8, 4) is 11.5 Å². The van der Waals surface area contributed by atoms with Crippen molar-refractivity contribution in [2.75, 3.05) is 7.11 Å². The molecule has 9 nitrogen and oxygen atoms in total. The first-order valence-electron chi connectivity index (χ1n) is 8.10. The number of carbonyl (C=O) groups is 1. The average molecular weight is 392 g/mol. The number of hydrogen-bond donors (Lipinski definition) is 1. The van der Waals surface area contributed by atoms with E-state index < -0.39 is 0 Å². The molecule has 3 aromatic rings. The Morgan fingerprint density at radius 2 is 2.22 bits per heavy atom. The maximum atomic E-state index is 12.3. The molecule has 0 unspecified atom stereocenters. The van der Waals surface area contributed by atoms with Crippen molar-refractivity contribution in [2.24, 2.45) is 0 Å². The van der Waals surface area contributed by atoms with Crippen molar-refractivity contribution in [1.29, 1.82) is 0 Å². The predicted octanol–water partition coefficient (Wildman–Crippen LogP) is 2.33. The van der Waals surface area contributed by atoms with E-state index in [2.05, 4.69) is 20.6 Å². The Kier molecular flexibility index (Phi) is 5.92. The first-order chi connectivity index (χ1) is 13.0. The number of rotatable bonds is 8. The quantitative estimate of drug-likeness (QED) is 0.628. The summed E-state index contributed by atoms with van der Waals surface area (Å²) in [5.41, 5.74) is 0.169. The molecule has 0 spiro atoms. The molecular weight excluding hydrogens is 374 g/mol. The second kappa shape index (κ2) is 8.54. The fourth-order valence-electron chi connectivity index (χ4n) is 2.35. The zero-order chi connectivity index (χ0) is 19.2. The highest BCUT2D eigenvalue weighted by atomic mass is 35.5. The van der Waals surface area contributed by atoms with Gasteiger partial charge in [0, 0.05) is 23.2 Å². The molecule has 1 atom stereocenters. The standard InChI is InChI=1S/C17H18ClN5O4/c1-11(7-23-10-19-9-20-23)21-17(24)14-6-13(27-22-14)8-26-15-4-3-12(18)5-16(15)25-2/h3-6,9-11H,7-8H2,1-2H3,(H,21,24)/t11-/m1/s1. The number of amides is 1. The minimum Gasteiger partial charge on any atom is -0.493 e. The smallest absolute Gasteiger partial charge is 0.273 e. The van der Waals surface area contributed by atoms with Crippen molar-refractivity contribution in [3.63, 3.8) is 0 Å². The summed E-state index contributed by atoms with van der Waals surface area (Å²) in [6, 6.07) is 6.40. The largest absolute Gasteiger partial charge is 0.493 e. The Hall–Kier alpha value is -3.07. The molecule has 3 rings (SSSR count). The van der Waals surface area contributed by atoms with Crippen LogP contribution in [0.4, 0.5) is 0 Å². The third-order valence-corrected chi connectivity index (χ3v) is 3.83. The SMILES string of the molecule is COc1cc(Cl)ccc1OCc1cc(C(=O)N[C@H](C)Cn2cncn2)no1. The van der Waals surface area contributed by atoms with Gasteiger partial charge >= 0.3 is 0 Å². The van der Waals surface area contributed by atoms with Gasteiger partial charge in [0.15, 0.2) is 23.0 Å². The lowest BCUT2D eigenvalue weighted by Crippen LogP contribution is -2.36. The molecule has 0 aliphatic carbocycles. The Bertz CT molecular complexity index is 897. The number of methoxy groups -OCH3 is 1. The summed E-state index contributed by atoms with van der Waals surface area (Å²) in [6.45, 7) is 2.44. The maximum absolute atomic E-state index is 12.3. The first kappa shape index (κ1) is 18.7. The molecule has 0 aliphatic rings. The van der Waals surface area contributed by atoms with Crippen LogP contribution in [0.3, 0.4) is 0 Å². The Morgan fingerprint density at radius 3 is 2.96 bits per heavy atom. The number of ether oxygens (including phenoxy) is 2. The van der Waals surface area contributed by atoms with Crippen LogP contribution in [0.15, 0.2) is 41.4 Å². The summed E-state index contributed by atoms with van der Waals surface area (Å²) in [5, 5.41) is 11.1. The van der Waals surface area contributed by atoms with Crippen LogP contribution in [0, 0.1) is 0 Å². The zero-order valence-corrected chi connectivity index (χ0v) is 15.5. The van der Waals surface area contributed by atoms with Gasteiger partial charge in [0.05, 0.1) is 13.7 Å². The zero-order valence-electron chi connectivity index (χ0n) is 14.8. The molecule has 0 saturated heterocycles. The van der Waals surface area contributed by atoms with Crippen molar-refractivity contribution < 1.29 is 18.8 Å². The van der Waals surface area contributed by atoms with Gasteiger partial charge in [-0.2, -0.15) is 5.10 Å². The summed E-state index contributed by atoms with van der Waals surface area (Å²) in [5.74, 6) is 1.07. The average Bonchev–Trinajstić information content (AvgIpc) is 3.32. The molecule has 1 aromatic carbocycles. The molecule has 1 amide bonds. The lowest BCUT2D eigenvalue weighted by atomic mass is 10.3. The molecule has 27 heavy (non-hydrogen) atoms. The predicted molar refractivity (Wildman–Crippen MR) is 95.8 cm³/mol. The van der Waals surface area contributed by atoms with Crippen LogP contribution in [0.2, 0.25) is 5.02 Å². The van der Waals surface area contributed by atoms with Gasteiger partial charge in [-0.25, -0.2) is 4.98 Å². The topological polar surface area (TPSA) is 104 Å². The van der Waals surface area contributed by atoms with Crippen LogP contribution in [0.5, 0.6) is 11.5 Å². The lowest BCUT2D eigenvalue weighted by molar-refractivity contribution is 0.0926. The van der Waals surface area contributed by atoms with E-state index in [1.807, 2.05) is 6.92 Å². The van der Waals surface area contributed by atoms with Gasteiger partial charge in [-0.1, -0.05) is 16.8 Å². The number of carbonyl (C=O) groups excluding carboxylic acids is 1. The summed E-state index contributed by atoms with van der Waals surface area (Å²) in [4.78, 5) is 16.1. The van der Waals surface area contributed by atoms with Gasteiger partial charge in [-0.15, -0.1) is 0 Å². The van der Waals surface area contributed by atoms with E-state index in [1.165, 1.54) is 19.5 Å². The summed E-state index contributed by atoms with van der Waals surface area (Å²) in [6.07, 6.45) is 3.02. The molecular formula is C17H18ClN5O4. The highest BCUT2D eigenvalue weighted by molar-refractivity contribution is 6.30. The van der Waals surface area contributed by atoms with Crippen LogP contribution in [-0.2, 0) is 13.2 Å². The van der Waals surface area contributed by atoms with E-state index in [1.54, 1.807) is 29.2 Å². The van der Waals surface area contributed by atoms with E-state index in [0.29, 0.717) is 28.8 Å². The fourth-order valence-corrected chi connectivity index (χ4v) is 2.51. The van der Waals surface area contributed by atoms with E-state index in [0.717, 1.165) is 0 Å². The van der Waals surface area contributed by atoms with E-state index >= 15 is 0 Å². The van der Waals surface area contributed by atoms with Gasteiger partial charge < -0.3 is 19.3 Å². The molecule has 2 heterocycles. The van der Waals surface area contributed by atoms with Crippen molar-refractivity contribution in [2.45, 2.75) is 26.1 Å². The third-order valence-electron chi connectivity index (χ3n) is 3.59. The van der Waals surface area contributed by atoms with Gasteiger partial charge in [0.1, 0.15) is 19.3 Å². The number of hydrogen-bond acceptors (Lipinski definition) is 7. The third kappa shape index (κ3) is 4.98. The van der Waals surface area contributed by atoms with E-state index in [-0.39, 0.29) is 24.2 Å². The van der Waals surface area contributed by atoms with Gasteiger partial charge in [-0.05, 0) is 19.1 Å². The van der Waals surface area contributed by atoms with Crippen LogP contribution >= 0.6 is 11.6 Å². The normalized spacial score (nSPS) is 11.8. The van der Waals surface area contributed by atoms with Crippen LogP contribution in [-0.4, -0.2) is 39.0 Å². The molecule has 2 aromatic heterocycles. The molecule has 0 saturated carbocycles. The molecule has 0 fully saturated rings. The number of nitrogens with one attached hydrogen (secondary N) is 1. The summed E-state index contributed by atoms with van der Waals surface area (Å²) in [7, 11) is 1.52. The van der Waals surface area contributed by atoms with Crippen molar-refractivity contribution in [3.05, 3.63) is 53.4 Å². The molecule has 0 aliphatic heterocycles. The second-order valence-electron chi connectivity index (χ2n) is 5.75. The van der Waals surface area contributed by atoms with Gasteiger partial charge in [-0.3, -0.25) is 9.48 Å². The van der Waals surface area contributed by atoms with Gasteiger partial charge in [0.25, 0.3) is 5.91 Å². The molecule has 142 valence electrons. The number of benzene rings is 1. The minimum atomic E-state index is -0.346. The highest BCUT2D eigenvalue weighted by Crippen LogP contribution is 2.30. The molecule has 1 N–H and O–H groups in total. The summed E-state index contributed by atoms with van der Waals surface area (Å²) < 4.78 is 17.7. The van der Waals surface area contributed by atoms with Crippen LogP contribution < -0.4 is 14.8 Å². The Morgan fingerprint density at radius 1 is 1.37 bits per heavy atom. The second-order valence-corrected chi connectivity index (χ2v) is 6.19. The monoisotopic (exact) mass is 391 g/mol. The van der Waals surface area contributed by atoms with Crippen molar-refractivity contribution in [1.82, 2.24) is 25.2 Å². The number of halogens is 1. The number of nitrogens with zero attached hydrogens (tertiary/aromatic N) is 4. The Balaban J connectivity index is 1.55. The highest BCUT2D eigenvalue weighted by Gasteiger charge is 2.16. The Labute approximate surface area is 160 Å². The van der Waals surface area contributed by atoms with E-state index in [4.69, 9.17) is 25.6 Å². The molecule has 0 bridgehead atoms. The summed E-state index contributed by atoms with van der Waals surface area (Å²) >= 11 is 5.92. The van der Waals surface area contributed by atoms with E-state index in [9.17, 15) is 4.79 Å². The minimum absolute atomic E-state index is 0.0901. The molecule has 10 heteroatoms.